The van der Waals surface area contributed by atoms with Crippen molar-refractivity contribution in [2.45, 2.75) is 38.4 Å². The maximum absolute atomic E-state index is 13.7. The molecule has 0 aromatic heterocycles. The van der Waals surface area contributed by atoms with Gasteiger partial charge in [0, 0.05) is 5.56 Å². The summed E-state index contributed by atoms with van der Waals surface area (Å²) in [6.07, 6.45) is 0.754. The SMILES string of the molecule is C[C@H](OC(=O)c1cccc(N2C(=O)[C@@H]3[C@@H]4C[C@@H]([C@H]3C2=O)[C@H](c2ccccc2)C4)c1)C(=O)c1ccc(OCc2ccccc2)cc1. The Kier molecular flexibility index (Phi) is 7.53. The van der Waals surface area contributed by atoms with Crippen molar-refractivity contribution in [3.05, 3.63) is 131 Å². The predicted octanol–water partition coefficient (Wildman–Crippen LogP) is 6.62. The fourth-order valence-corrected chi connectivity index (χ4v) is 7.54. The summed E-state index contributed by atoms with van der Waals surface area (Å²) < 4.78 is 11.3. The Balaban J connectivity index is 1.00. The summed E-state index contributed by atoms with van der Waals surface area (Å²) >= 11 is 0. The lowest BCUT2D eigenvalue weighted by atomic mass is 9.73. The Hall–Kier alpha value is -5.04. The third-order valence-electron chi connectivity index (χ3n) is 9.62. The molecule has 7 heteroatoms. The summed E-state index contributed by atoms with van der Waals surface area (Å²) in [7, 11) is 0. The Labute approximate surface area is 261 Å². The molecule has 3 aliphatic rings. The quantitative estimate of drug-likeness (QED) is 0.122. The van der Waals surface area contributed by atoms with E-state index in [9.17, 15) is 19.2 Å². The number of hydrogen-bond acceptors (Lipinski definition) is 6. The van der Waals surface area contributed by atoms with Crippen molar-refractivity contribution < 1.29 is 28.7 Å². The van der Waals surface area contributed by atoms with Crippen LogP contribution in [0.15, 0.2) is 109 Å². The van der Waals surface area contributed by atoms with E-state index < -0.39 is 12.1 Å². The van der Waals surface area contributed by atoms with Crippen molar-refractivity contribution in [2.24, 2.45) is 23.7 Å². The summed E-state index contributed by atoms with van der Waals surface area (Å²) in [5.74, 6) is -0.889. The average molecular weight is 600 g/mol. The van der Waals surface area contributed by atoms with Crippen molar-refractivity contribution in [2.75, 3.05) is 4.90 Å². The molecule has 1 aliphatic heterocycles. The highest BCUT2D eigenvalue weighted by molar-refractivity contribution is 6.23. The molecular weight excluding hydrogens is 566 g/mol. The molecule has 0 radical (unpaired) electrons. The van der Waals surface area contributed by atoms with Gasteiger partial charge in [-0.05, 0) is 91.1 Å². The van der Waals surface area contributed by atoms with E-state index in [1.807, 2.05) is 48.5 Å². The van der Waals surface area contributed by atoms with Gasteiger partial charge >= 0.3 is 5.97 Å². The fraction of sp³-hybridized carbons (Fsp3) is 0.263. The second kappa shape index (κ2) is 11.8. The molecule has 1 saturated heterocycles. The first-order chi connectivity index (χ1) is 21.9. The van der Waals surface area contributed by atoms with Gasteiger partial charge in [-0.25, -0.2) is 4.79 Å². The largest absolute Gasteiger partial charge is 0.489 e. The zero-order valence-electron chi connectivity index (χ0n) is 24.9. The first kappa shape index (κ1) is 28.7. The maximum atomic E-state index is 13.7. The second-order valence-electron chi connectivity index (χ2n) is 12.2. The molecule has 0 unspecified atom stereocenters. The van der Waals surface area contributed by atoms with Crippen LogP contribution in [0.25, 0.3) is 0 Å². The number of anilines is 1. The van der Waals surface area contributed by atoms with Gasteiger partial charge in [-0.3, -0.25) is 19.3 Å². The van der Waals surface area contributed by atoms with Crippen LogP contribution in [0.5, 0.6) is 5.75 Å². The highest BCUT2D eigenvalue weighted by Gasteiger charge is 2.64. The highest BCUT2D eigenvalue weighted by Crippen LogP contribution is 2.61. The van der Waals surface area contributed by atoms with Gasteiger partial charge in [0.05, 0.1) is 23.1 Å². The highest BCUT2D eigenvalue weighted by atomic mass is 16.5. The number of carbonyl (C=O) groups excluding carboxylic acids is 4. The van der Waals surface area contributed by atoms with E-state index in [1.54, 1.807) is 42.5 Å². The lowest BCUT2D eigenvalue weighted by Crippen LogP contribution is -2.33. The Morgan fingerprint density at radius 2 is 1.47 bits per heavy atom. The number of benzene rings is 4. The molecule has 2 bridgehead atoms. The van der Waals surface area contributed by atoms with Gasteiger partial charge < -0.3 is 9.47 Å². The monoisotopic (exact) mass is 599 g/mol. The summed E-state index contributed by atoms with van der Waals surface area (Å²) in [5, 5.41) is 0. The number of imide groups is 1. The number of amides is 2. The topological polar surface area (TPSA) is 90.0 Å². The average Bonchev–Trinajstić information content (AvgIpc) is 3.75. The van der Waals surface area contributed by atoms with Crippen molar-refractivity contribution in [3.63, 3.8) is 0 Å². The number of ether oxygens (including phenoxy) is 2. The number of rotatable bonds is 9. The van der Waals surface area contributed by atoms with Gasteiger partial charge in [0.25, 0.3) is 0 Å². The number of hydrogen-bond donors (Lipinski definition) is 0. The lowest BCUT2D eigenvalue weighted by Gasteiger charge is -2.28. The molecule has 2 amide bonds. The molecule has 0 spiro atoms. The van der Waals surface area contributed by atoms with Crippen molar-refractivity contribution in [1.82, 2.24) is 0 Å². The summed E-state index contributed by atoms with van der Waals surface area (Å²) in [6.45, 7) is 1.93. The molecule has 1 heterocycles. The molecule has 6 atom stereocenters. The number of nitrogens with zero attached hydrogens (tertiary/aromatic N) is 1. The standard InChI is InChI=1S/C38H33NO6/c1-23(35(40)26-15-17-30(18-16-26)44-22-24-9-4-2-5-10-24)45-38(43)27-13-8-14-29(19-27)39-36(41)33-28-20-31(25-11-6-3-7-12-25)32(21-28)34(33)37(39)42/h2-19,23,28,31-34H,20-22H2,1H3/t23-,28-,31-,32+,33+,34+/m0/s1. The van der Waals surface area contributed by atoms with Crippen LogP contribution in [0.4, 0.5) is 5.69 Å². The molecule has 3 fully saturated rings. The van der Waals surface area contributed by atoms with Crippen LogP contribution in [-0.4, -0.2) is 29.7 Å². The third-order valence-corrected chi connectivity index (χ3v) is 9.62. The Morgan fingerprint density at radius 3 is 2.20 bits per heavy atom. The van der Waals surface area contributed by atoms with Gasteiger partial charge in [-0.15, -0.1) is 0 Å². The lowest BCUT2D eigenvalue weighted by molar-refractivity contribution is -0.123. The van der Waals surface area contributed by atoms with Crippen molar-refractivity contribution in [1.29, 1.82) is 0 Å². The zero-order chi connectivity index (χ0) is 31.1. The van der Waals surface area contributed by atoms with Crippen LogP contribution in [0, 0.1) is 23.7 Å². The number of Topliss-reactive ketones (excluding diaryl/α,β-unsaturated/α-hetero) is 1. The number of carbonyl (C=O) groups is 4. The first-order valence-electron chi connectivity index (χ1n) is 15.4. The number of fused-ring (bicyclic) bond motifs is 5. The van der Waals surface area contributed by atoms with Gasteiger partial charge in [-0.2, -0.15) is 0 Å². The van der Waals surface area contributed by atoms with E-state index in [1.165, 1.54) is 23.5 Å². The van der Waals surface area contributed by atoms with Crippen LogP contribution in [0.3, 0.4) is 0 Å². The molecular formula is C38H33NO6. The van der Waals surface area contributed by atoms with Crippen LogP contribution in [0.1, 0.15) is 57.5 Å². The van der Waals surface area contributed by atoms with Gasteiger partial charge in [-0.1, -0.05) is 66.7 Å². The molecule has 0 N–H and O–H groups in total. The van der Waals surface area contributed by atoms with E-state index in [4.69, 9.17) is 9.47 Å². The molecule has 45 heavy (non-hydrogen) atoms. The molecule has 226 valence electrons. The summed E-state index contributed by atoms with van der Waals surface area (Å²) in [6, 6.07) is 33.1. The zero-order valence-corrected chi connectivity index (χ0v) is 24.9. The van der Waals surface area contributed by atoms with Crippen LogP contribution < -0.4 is 9.64 Å². The van der Waals surface area contributed by atoms with Crippen molar-refractivity contribution in [3.8, 4) is 5.75 Å². The third kappa shape index (κ3) is 5.33. The minimum Gasteiger partial charge on any atom is -0.489 e. The normalized spacial score (nSPS) is 23.9. The number of ketones is 1. The smallest absolute Gasteiger partial charge is 0.338 e. The minimum absolute atomic E-state index is 0.133. The second-order valence-corrected chi connectivity index (χ2v) is 12.2. The van der Waals surface area contributed by atoms with Gasteiger partial charge in [0.1, 0.15) is 12.4 Å². The van der Waals surface area contributed by atoms with E-state index >= 15 is 0 Å². The van der Waals surface area contributed by atoms with Crippen LogP contribution in [-0.2, 0) is 20.9 Å². The van der Waals surface area contributed by atoms with Crippen LogP contribution in [0.2, 0.25) is 0 Å². The van der Waals surface area contributed by atoms with Gasteiger partial charge in [0.2, 0.25) is 17.6 Å². The molecule has 7 rings (SSSR count). The van der Waals surface area contributed by atoms with E-state index in [2.05, 4.69) is 12.1 Å². The molecule has 2 aliphatic carbocycles. The predicted molar refractivity (Wildman–Crippen MR) is 168 cm³/mol. The Bertz CT molecular complexity index is 1750. The fourth-order valence-electron chi connectivity index (χ4n) is 7.54. The summed E-state index contributed by atoms with van der Waals surface area (Å²) in [4.78, 5) is 54.8. The minimum atomic E-state index is -1.04. The maximum Gasteiger partial charge on any atom is 0.338 e. The molecule has 2 saturated carbocycles. The van der Waals surface area contributed by atoms with E-state index in [0.717, 1.165) is 18.4 Å². The Morgan fingerprint density at radius 1 is 0.778 bits per heavy atom. The molecule has 4 aromatic carbocycles. The number of esters is 1. The van der Waals surface area contributed by atoms with Gasteiger partial charge in [0.15, 0.2) is 6.10 Å². The first-order valence-corrected chi connectivity index (χ1v) is 15.4. The van der Waals surface area contributed by atoms with Crippen molar-refractivity contribution >= 4 is 29.3 Å². The summed E-state index contributed by atoms with van der Waals surface area (Å²) in [5.41, 5.74) is 3.17. The van der Waals surface area contributed by atoms with E-state index in [-0.39, 0.29) is 52.8 Å². The molecule has 4 aromatic rings. The molecule has 7 nitrogen and oxygen atoms in total. The van der Waals surface area contributed by atoms with Crippen LogP contribution >= 0.6 is 0 Å². The van der Waals surface area contributed by atoms with E-state index in [0.29, 0.717) is 23.6 Å².